The number of benzene rings is 2. The zero-order valence-corrected chi connectivity index (χ0v) is 12.9. The Morgan fingerprint density at radius 2 is 1.81 bits per heavy atom. The van der Waals surface area contributed by atoms with Crippen LogP contribution in [0.3, 0.4) is 0 Å². The Bertz CT molecular complexity index is 672. The van der Waals surface area contributed by atoms with E-state index in [1.807, 2.05) is 24.3 Å². The second kappa shape index (κ2) is 6.18. The highest BCUT2D eigenvalue weighted by Gasteiger charge is 2.14. The van der Waals surface area contributed by atoms with Crippen molar-refractivity contribution in [2.24, 2.45) is 0 Å². The fourth-order valence-electron chi connectivity index (χ4n) is 2.06. The van der Waals surface area contributed by atoms with E-state index in [0.717, 1.165) is 16.6 Å². The number of nitrogens with one attached hydrogen (secondary N) is 1. The third-order valence-corrected chi connectivity index (χ3v) is 3.82. The maximum atomic E-state index is 12.3. The van der Waals surface area contributed by atoms with Crippen LogP contribution in [-0.4, -0.2) is 19.1 Å². The summed E-state index contributed by atoms with van der Waals surface area (Å²) >= 11 is 3.41. The molecule has 2 aromatic rings. The standard InChI is InChI=1S/C16H14BrNO3/c17-12-4-1-2-5-13(12)18-16(19)11-6-7-14-15(10-11)21-9-3-8-20-14/h1-2,4-7,10H,3,8-9H2,(H,18,19). The van der Waals surface area contributed by atoms with E-state index in [1.54, 1.807) is 18.2 Å². The highest BCUT2D eigenvalue weighted by atomic mass is 79.9. The number of carbonyl (C=O) groups excluding carboxylic acids is 1. The zero-order valence-electron chi connectivity index (χ0n) is 11.3. The first-order valence-electron chi connectivity index (χ1n) is 6.69. The predicted molar refractivity (Wildman–Crippen MR) is 84.1 cm³/mol. The van der Waals surface area contributed by atoms with Gasteiger partial charge in [0.15, 0.2) is 11.5 Å². The van der Waals surface area contributed by atoms with Crippen molar-refractivity contribution in [1.82, 2.24) is 0 Å². The molecule has 1 N–H and O–H groups in total. The molecule has 0 saturated carbocycles. The molecule has 0 saturated heterocycles. The van der Waals surface area contributed by atoms with E-state index in [1.165, 1.54) is 0 Å². The summed E-state index contributed by atoms with van der Waals surface area (Å²) in [6.45, 7) is 1.23. The van der Waals surface area contributed by atoms with Crippen molar-refractivity contribution in [3.05, 3.63) is 52.5 Å². The summed E-state index contributed by atoms with van der Waals surface area (Å²) in [6.07, 6.45) is 0.840. The smallest absolute Gasteiger partial charge is 0.255 e. The van der Waals surface area contributed by atoms with Crippen molar-refractivity contribution >= 4 is 27.5 Å². The molecule has 108 valence electrons. The van der Waals surface area contributed by atoms with Crippen molar-refractivity contribution in [3.63, 3.8) is 0 Å². The first kappa shape index (κ1) is 13.9. The van der Waals surface area contributed by atoms with E-state index in [0.29, 0.717) is 30.3 Å². The summed E-state index contributed by atoms with van der Waals surface area (Å²) < 4.78 is 12.0. The average molecular weight is 348 g/mol. The molecule has 5 heteroatoms. The largest absolute Gasteiger partial charge is 0.490 e. The summed E-state index contributed by atoms with van der Waals surface area (Å²) in [4.78, 5) is 12.3. The molecule has 0 atom stereocenters. The van der Waals surface area contributed by atoms with Gasteiger partial charge in [-0.15, -0.1) is 0 Å². The van der Waals surface area contributed by atoms with Crippen LogP contribution in [0.15, 0.2) is 46.9 Å². The molecule has 0 aromatic heterocycles. The number of ether oxygens (including phenoxy) is 2. The molecule has 1 aliphatic heterocycles. The van der Waals surface area contributed by atoms with Gasteiger partial charge in [-0.25, -0.2) is 0 Å². The van der Waals surface area contributed by atoms with E-state index >= 15 is 0 Å². The number of rotatable bonds is 2. The number of amides is 1. The maximum absolute atomic E-state index is 12.3. The molecular formula is C16H14BrNO3. The third kappa shape index (κ3) is 3.19. The zero-order chi connectivity index (χ0) is 14.7. The minimum absolute atomic E-state index is 0.183. The van der Waals surface area contributed by atoms with Crippen LogP contribution in [0.25, 0.3) is 0 Å². The van der Waals surface area contributed by atoms with Gasteiger partial charge in [0.25, 0.3) is 5.91 Å². The minimum atomic E-state index is -0.183. The fourth-order valence-corrected chi connectivity index (χ4v) is 2.45. The molecule has 1 aliphatic rings. The summed E-state index contributed by atoms with van der Waals surface area (Å²) in [5.74, 6) is 1.12. The van der Waals surface area contributed by atoms with E-state index in [9.17, 15) is 4.79 Å². The summed E-state index contributed by atoms with van der Waals surface area (Å²) in [5, 5.41) is 2.87. The maximum Gasteiger partial charge on any atom is 0.255 e. The van der Waals surface area contributed by atoms with Gasteiger partial charge in [-0.05, 0) is 46.3 Å². The molecular weight excluding hydrogens is 334 g/mol. The topological polar surface area (TPSA) is 47.6 Å². The first-order valence-corrected chi connectivity index (χ1v) is 7.49. The number of carbonyl (C=O) groups is 1. The fraction of sp³-hybridized carbons (Fsp3) is 0.188. The Balaban J connectivity index is 1.82. The molecule has 3 rings (SSSR count). The van der Waals surface area contributed by atoms with Crippen LogP contribution in [0.5, 0.6) is 11.5 Å². The molecule has 0 unspecified atom stereocenters. The van der Waals surface area contributed by atoms with Gasteiger partial charge >= 0.3 is 0 Å². The second-order valence-electron chi connectivity index (χ2n) is 4.65. The Kier molecular flexibility index (Phi) is 4.10. The Morgan fingerprint density at radius 3 is 2.62 bits per heavy atom. The predicted octanol–water partition coefficient (Wildman–Crippen LogP) is 3.86. The van der Waals surface area contributed by atoms with Crippen molar-refractivity contribution < 1.29 is 14.3 Å². The van der Waals surface area contributed by atoms with E-state index in [-0.39, 0.29) is 5.91 Å². The molecule has 0 spiro atoms. The van der Waals surface area contributed by atoms with E-state index < -0.39 is 0 Å². The molecule has 1 amide bonds. The average Bonchev–Trinajstić information content (AvgIpc) is 2.74. The van der Waals surface area contributed by atoms with E-state index in [4.69, 9.17) is 9.47 Å². The van der Waals surface area contributed by atoms with Crippen LogP contribution in [0, 0.1) is 0 Å². The van der Waals surface area contributed by atoms with Crippen LogP contribution in [-0.2, 0) is 0 Å². The number of para-hydroxylation sites is 1. The van der Waals surface area contributed by atoms with Crippen molar-refractivity contribution in [2.45, 2.75) is 6.42 Å². The Morgan fingerprint density at radius 1 is 1.05 bits per heavy atom. The van der Waals surface area contributed by atoms with Gasteiger partial charge in [-0.1, -0.05) is 12.1 Å². The monoisotopic (exact) mass is 347 g/mol. The van der Waals surface area contributed by atoms with Crippen LogP contribution < -0.4 is 14.8 Å². The van der Waals surface area contributed by atoms with Crippen molar-refractivity contribution in [1.29, 1.82) is 0 Å². The van der Waals surface area contributed by atoms with Crippen molar-refractivity contribution in [2.75, 3.05) is 18.5 Å². The van der Waals surface area contributed by atoms with Crippen LogP contribution in [0.2, 0.25) is 0 Å². The van der Waals surface area contributed by atoms with Crippen LogP contribution in [0.1, 0.15) is 16.8 Å². The van der Waals surface area contributed by atoms with Gasteiger partial charge in [-0.2, -0.15) is 0 Å². The van der Waals surface area contributed by atoms with Crippen LogP contribution in [0.4, 0.5) is 5.69 Å². The molecule has 2 aromatic carbocycles. The molecule has 0 radical (unpaired) electrons. The third-order valence-electron chi connectivity index (χ3n) is 3.13. The first-order chi connectivity index (χ1) is 10.2. The molecule has 4 nitrogen and oxygen atoms in total. The summed E-state index contributed by atoms with van der Waals surface area (Å²) in [6, 6.07) is 12.7. The van der Waals surface area contributed by atoms with Crippen molar-refractivity contribution in [3.8, 4) is 11.5 Å². The molecule has 0 fully saturated rings. The molecule has 1 heterocycles. The molecule has 21 heavy (non-hydrogen) atoms. The van der Waals surface area contributed by atoms with E-state index in [2.05, 4.69) is 21.2 Å². The van der Waals surface area contributed by atoms with Gasteiger partial charge in [0.1, 0.15) is 0 Å². The normalized spacial score (nSPS) is 13.4. The van der Waals surface area contributed by atoms with Gasteiger partial charge in [-0.3, -0.25) is 4.79 Å². The highest BCUT2D eigenvalue weighted by Crippen LogP contribution is 2.31. The Labute approximate surface area is 131 Å². The van der Waals surface area contributed by atoms with Gasteiger partial charge in [0, 0.05) is 16.5 Å². The lowest BCUT2D eigenvalue weighted by Gasteiger charge is -2.10. The number of anilines is 1. The summed E-state index contributed by atoms with van der Waals surface area (Å²) in [5.41, 5.74) is 1.27. The molecule has 0 bridgehead atoms. The van der Waals surface area contributed by atoms with Crippen LogP contribution >= 0.6 is 15.9 Å². The number of fused-ring (bicyclic) bond motifs is 1. The number of hydrogen-bond acceptors (Lipinski definition) is 3. The highest BCUT2D eigenvalue weighted by molar-refractivity contribution is 9.10. The van der Waals surface area contributed by atoms with Gasteiger partial charge in [0.2, 0.25) is 0 Å². The summed E-state index contributed by atoms with van der Waals surface area (Å²) in [7, 11) is 0. The lowest BCUT2D eigenvalue weighted by Crippen LogP contribution is -2.12. The van der Waals surface area contributed by atoms with Gasteiger partial charge in [0.05, 0.1) is 18.9 Å². The SMILES string of the molecule is O=C(Nc1ccccc1Br)c1ccc2c(c1)OCCCO2. The Hall–Kier alpha value is -2.01. The minimum Gasteiger partial charge on any atom is -0.490 e. The molecule has 0 aliphatic carbocycles. The quantitative estimate of drug-likeness (QED) is 0.897. The van der Waals surface area contributed by atoms with Gasteiger partial charge < -0.3 is 14.8 Å². The lowest BCUT2D eigenvalue weighted by atomic mass is 10.2. The number of halogens is 1. The second-order valence-corrected chi connectivity index (χ2v) is 5.50. The lowest BCUT2D eigenvalue weighted by molar-refractivity contribution is 0.102. The number of hydrogen-bond donors (Lipinski definition) is 1.